The topological polar surface area (TPSA) is 66.0 Å². The number of hydrogen-bond donors (Lipinski definition) is 0. The molecule has 0 saturated carbocycles. The third-order valence-electron chi connectivity index (χ3n) is 5.64. The van der Waals surface area contributed by atoms with Crippen LogP contribution < -0.4 is 0 Å². The third kappa shape index (κ3) is 3.08. The van der Waals surface area contributed by atoms with E-state index in [1.807, 2.05) is 17.0 Å². The van der Waals surface area contributed by atoms with Gasteiger partial charge in [-0.05, 0) is 25.0 Å². The number of piperidine rings is 1. The van der Waals surface area contributed by atoms with Gasteiger partial charge in [-0.1, -0.05) is 6.07 Å². The SMILES string of the molecule is CN1CC2(CCN(C3CCN(C(=O)c4ccccn4)CC3)C2)OC1=O. The highest BCUT2D eigenvalue weighted by molar-refractivity contribution is 5.92. The standard InChI is InChI=1S/C18H24N4O3/c1-20-12-18(25-17(20)24)7-11-22(13-18)14-5-9-21(10-6-14)16(23)15-4-2-3-8-19-15/h2-4,8,14H,5-7,9-13H2,1H3. The summed E-state index contributed by atoms with van der Waals surface area (Å²) in [6.07, 6.45) is 4.26. The number of pyridine rings is 1. The number of amides is 2. The van der Waals surface area contributed by atoms with E-state index in [4.69, 9.17) is 4.74 Å². The second-order valence-electron chi connectivity index (χ2n) is 7.37. The van der Waals surface area contributed by atoms with E-state index in [0.717, 1.165) is 45.4 Å². The minimum atomic E-state index is -0.327. The minimum absolute atomic E-state index is 0.0169. The molecular weight excluding hydrogens is 320 g/mol. The molecule has 0 aliphatic carbocycles. The van der Waals surface area contributed by atoms with Crippen LogP contribution in [-0.2, 0) is 4.74 Å². The van der Waals surface area contributed by atoms with Crippen LogP contribution in [0.5, 0.6) is 0 Å². The van der Waals surface area contributed by atoms with Crippen molar-refractivity contribution in [3.63, 3.8) is 0 Å². The van der Waals surface area contributed by atoms with Gasteiger partial charge in [0.05, 0.1) is 6.54 Å². The van der Waals surface area contributed by atoms with Gasteiger partial charge < -0.3 is 14.5 Å². The molecule has 0 N–H and O–H groups in total. The summed E-state index contributed by atoms with van der Waals surface area (Å²) in [5.41, 5.74) is 0.189. The van der Waals surface area contributed by atoms with Gasteiger partial charge in [0.15, 0.2) is 0 Å². The maximum atomic E-state index is 12.5. The Hall–Kier alpha value is -2.15. The Morgan fingerprint density at radius 2 is 2.04 bits per heavy atom. The molecule has 0 bridgehead atoms. The molecule has 1 spiro atoms. The van der Waals surface area contributed by atoms with E-state index in [1.165, 1.54) is 0 Å². The lowest BCUT2D eigenvalue weighted by Crippen LogP contribution is -2.47. The molecule has 25 heavy (non-hydrogen) atoms. The quantitative estimate of drug-likeness (QED) is 0.807. The first-order valence-electron chi connectivity index (χ1n) is 8.95. The van der Waals surface area contributed by atoms with Crippen molar-refractivity contribution in [2.24, 2.45) is 0 Å². The van der Waals surface area contributed by atoms with E-state index < -0.39 is 0 Å². The van der Waals surface area contributed by atoms with E-state index in [1.54, 1.807) is 24.2 Å². The van der Waals surface area contributed by atoms with Crippen LogP contribution in [0, 0.1) is 0 Å². The number of likely N-dealkylation sites (N-methyl/N-ethyl adjacent to an activating group) is 1. The summed E-state index contributed by atoms with van der Waals surface area (Å²) < 4.78 is 5.63. The number of ether oxygens (including phenoxy) is 1. The summed E-state index contributed by atoms with van der Waals surface area (Å²) in [5.74, 6) is 0.0169. The lowest BCUT2D eigenvalue weighted by atomic mass is 10.0. The van der Waals surface area contributed by atoms with Gasteiger partial charge in [0.2, 0.25) is 0 Å². The van der Waals surface area contributed by atoms with Crippen molar-refractivity contribution in [3.8, 4) is 0 Å². The number of aromatic nitrogens is 1. The first-order valence-corrected chi connectivity index (χ1v) is 8.95. The van der Waals surface area contributed by atoms with Crippen molar-refractivity contribution in [2.45, 2.75) is 30.9 Å². The maximum absolute atomic E-state index is 12.5. The summed E-state index contributed by atoms with van der Waals surface area (Å²) in [5, 5.41) is 0. The van der Waals surface area contributed by atoms with E-state index in [2.05, 4.69) is 9.88 Å². The highest BCUT2D eigenvalue weighted by Crippen LogP contribution is 2.34. The predicted molar refractivity (Wildman–Crippen MR) is 91.2 cm³/mol. The zero-order valence-corrected chi connectivity index (χ0v) is 14.6. The number of carbonyl (C=O) groups excluding carboxylic acids is 2. The second kappa shape index (κ2) is 6.29. The Morgan fingerprint density at radius 1 is 1.24 bits per heavy atom. The fourth-order valence-electron chi connectivity index (χ4n) is 4.28. The van der Waals surface area contributed by atoms with Crippen molar-refractivity contribution in [1.29, 1.82) is 0 Å². The van der Waals surface area contributed by atoms with Crippen LogP contribution in [0.3, 0.4) is 0 Å². The van der Waals surface area contributed by atoms with Gasteiger partial charge in [-0.25, -0.2) is 4.79 Å². The first-order chi connectivity index (χ1) is 12.1. The fourth-order valence-corrected chi connectivity index (χ4v) is 4.28. The van der Waals surface area contributed by atoms with E-state index in [0.29, 0.717) is 18.3 Å². The number of nitrogens with zero attached hydrogens (tertiary/aromatic N) is 4. The molecule has 1 aromatic heterocycles. The molecule has 134 valence electrons. The lowest BCUT2D eigenvalue weighted by Gasteiger charge is -2.37. The van der Waals surface area contributed by atoms with Gasteiger partial charge in [-0.15, -0.1) is 0 Å². The summed E-state index contributed by atoms with van der Waals surface area (Å²) in [6.45, 7) is 3.95. The second-order valence-corrected chi connectivity index (χ2v) is 7.37. The molecule has 2 amide bonds. The van der Waals surface area contributed by atoms with E-state index in [-0.39, 0.29) is 17.6 Å². The Labute approximate surface area is 147 Å². The molecule has 1 unspecified atom stereocenters. The predicted octanol–water partition coefficient (Wildman–Crippen LogP) is 1.21. The van der Waals surface area contributed by atoms with Crippen LogP contribution in [-0.4, -0.2) is 83.1 Å². The normalized spacial score (nSPS) is 28.0. The Balaban J connectivity index is 1.32. The van der Waals surface area contributed by atoms with Crippen LogP contribution in [0.25, 0.3) is 0 Å². The van der Waals surface area contributed by atoms with Crippen molar-refractivity contribution < 1.29 is 14.3 Å². The minimum Gasteiger partial charge on any atom is -0.439 e. The van der Waals surface area contributed by atoms with Crippen molar-refractivity contribution in [2.75, 3.05) is 39.8 Å². The fraction of sp³-hybridized carbons (Fsp3) is 0.611. The van der Waals surface area contributed by atoms with Crippen LogP contribution in [0.15, 0.2) is 24.4 Å². The maximum Gasteiger partial charge on any atom is 0.410 e. The van der Waals surface area contributed by atoms with Crippen LogP contribution in [0.2, 0.25) is 0 Å². The summed E-state index contributed by atoms with van der Waals surface area (Å²) in [4.78, 5) is 34.4. The molecule has 1 atom stereocenters. The van der Waals surface area contributed by atoms with Gasteiger partial charge in [0, 0.05) is 51.9 Å². The lowest BCUT2D eigenvalue weighted by molar-refractivity contribution is 0.0465. The zero-order valence-electron chi connectivity index (χ0n) is 14.6. The monoisotopic (exact) mass is 344 g/mol. The molecule has 3 aliphatic heterocycles. The van der Waals surface area contributed by atoms with Crippen molar-refractivity contribution in [1.82, 2.24) is 19.7 Å². The molecule has 3 fully saturated rings. The van der Waals surface area contributed by atoms with Gasteiger partial charge in [-0.2, -0.15) is 0 Å². The highest BCUT2D eigenvalue weighted by Gasteiger charge is 2.49. The van der Waals surface area contributed by atoms with Gasteiger partial charge in [-0.3, -0.25) is 14.7 Å². The summed E-state index contributed by atoms with van der Waals surface area (Å²) in [7, 11) is 1.79. The largest absolute Gasteiger partial charge is 0.439 e. The number of likely N-dealkylation sites (tertiary alicyclic amines) is 2. The molecule has 4 rings (SSSR count). The Bertz CT molecular complexity index is 660. The Kier molecular flexibility index (Phi) is 4.11. The first kappa shape index (κ1) is 16.3. The Morgan fingerprint density at radius 3 is 2.68 bits per heavy atom. The molecule has 3 aliphatic rings. The summed E-state index contributed by atoms with van der Waals surface area (Å²) >= 11 is 0. The number of rotatable bonds is 2. The van der Waals surface area contributed by atoms with Gasteiger partial charge in [0.25, 0.3) is 5.91 Å². The molecular formula is C18H24N4O3. The van der Waals surface area contributed by atoms with Crippen molar-refractivity contribution >= 4 is 12.0 Å². The van der Waals surface area contributed by atoms with Gasteiger partial charge in [0.1, 0.15) is 11.3 Å². The number of hydrogen-bond acceptors (Lipinski definition) is 5. The average Bonchev–Trinajstić information content (AvgIpc) is 3.17. The molecule has 7 heteroatoms. The van der Waals surface area contributed by atoms with Gasteiger partial charge >= 0.3 is 6.09 Å². The smallest absolute Gasteiger partial charge is 0.410 e. The van der Waals surface area contributed by atoms with Crippen molar-refractivity contribution in [3.05, 3.63) is 30.1 Å². The van der Waals surface area contributed by atoms with Crippen LogP contribution in [0.1, 0.15) is 29.8 Å². The molecule has 7 nitrogen and oxygen atoms in total. The highest BCUT2D eigenvalue weighted by atomic mass is 16.6. The number of carbonyl (C=O) groups is 2. The average molecular weight is 344 g/mol. The third-order valence-corrected chi connectivity index (χ3v) is 5.64. The molecule has 0 radical (unpaired) electrons. The van der Waals surface area contributed by atoms with E-state index >= 15 is 0 Å². The summed E-state index contributed by atoms with van der Waals surface area (Å²) in [6, 6.07) is 5.89. The zero-order chi connectivity index (χ0) is 17.4. The molecule has 1 aromatic rings. The van der Waals surface area contributed by atoms with Crippen LogP contribution >= 0.6 is 0 Å². The van der Waals surface area contributed by atoms with E-state index in [9.17, 15) is 9.59 Å². The van der Waals surface area contributed by atoms with Crippen LogP contribution in [0.4, 0.5) is 4.79 Å². The molecule has 4 heterocycles. The molecule has 0 aromatic carbocycles. The molecule has 3 saturated heterocycles.